The molecule has 5 aliphatic heterocycles. The van der Waals surface area contributed by atoms with Crippen molar-refractivity contribution in [2.45, 2.75) is 87.8 Å². The number of carbonyl (C=O) groups excluding carboxylic acids is 3. The van der Waals surface area contributed by atoms with Gasteiger partial charge in [-0.25, -0.2) is 9.48 Å². The Kier molecular flexibility index (Phi) is 8.00. The third-order valence-corrected chi connectivity index (χ3v) is 11.2. The molecule has 4 fully saturated rings. The molecule has 6 atom stereocenters. The molecule has 42 heavy (non-hydrogen) atoms. The van der Waals surface area contributed by atoms with E-state index in [0.29, 0.717) is 17.9 Å². The number of likely N-dealkylation sites (tertiary alicyclic amines) is 1. The number of amides is 3. The number of carbonyl (C=O) groups is 4. The van der Waals surface area contributed by atoms with E-state index in [0.717, 1.165) is 32.5 Å². The molecule has 4 N–H and O–H groups in total. The number of carboxylic acid groups (broad SMARTS) is 1. The summed E-state index contributed by atoms with van der Waals surface area (Å²) in [6.07, 6.45) is 7.56. The van der Waals surface area contributed by atoms with Gasteiger partial charge >= 0.3 is 5.97 Å². The molecule has 0 aliphatic carbocycles. The van der Waals surface area contributed by atoms with Gasteiger partial charge in [0, 0.05) is 47.3 Å². The molecule has 228 valence electrons. The second-order valence-corrected chi connectivity index (χ2v) is 13.7. The first-order valence-corrected chi connectivity index (χ1v) is 15.8. The minimum atomic E-state index is -1.13. The van der Waals surface area contributed by atoms with Crippen molar-refractivity contribution in [2.24, 2.45) is 11.8 Å². The zero-order valence-electron chi connectivity index (χ0n) is 24.0. The van der Waals surface area contributed by atoms with Crippen LogP contribution >= 0.6 is 11.8 Å². The Bertz CT molecular complexity index is 1260. The molecule has 0 radical (unpaired) electrons. The zero-order chi connectivity index (χ0) is 29.6. The Balaban J connectivity index is 1.06. The number of fused-ring (bicyclic) bond motifs is 1. The van der Waals surface area contributed by atoms with Crippen LogP contribution in [0.3, 0.4) is 0 Å². The maximum absolute atomic E-state index is 13.4. The quantitative estimate of drug-likeness (QED) is 0.284. The maximum atomic E-state index is 13.4. The summed E-state index contributed by atoms with van der Waals surface area (Å²) in [5, 5.41) is 30.8. The van der Waals surface area contributed by atoms with Crippen molar-refractivity contribution in [3.63, 3.8) is 0 Å². The molecular weight excluding hydrogens is 562 g/mol. The van der Waals surface area contributed by atoms with E-state index in [1.807, 2.05) is 11.8 Å². The first-order chi connectivity index (χ1) is 20.2. The lowest BCUT2D eigenvalue weighted by molar-refractivity contribution is -0.158. The van der Waals surface area contributed by atoms with Crippen LogP contribution < -0.4 is 16.0 Å². The van der Waals surface area contributed by atoms with E-state index in [1.54, 1.807) is 6.92 Å². The Morgan fingerprint density at radius 1 is 1.24 bits per heavy atom. The number of hydrogen-bond acceptors (Lipinski definition) is 10. The van der Waals surface area contributed by atoms with Gasteiger partial charge in [0.2, 0.25) is 17.7 Å². The number of aliphatic carboxylic acids is 1. The van der Waals surface area contributed by atoms with E-state index < -0.39 is 17.9 Å². The van der Waals surface area contributed by atoms with Gasteiger partial charge in [0.1, 0.15) is 18.6 Å². The molecule has 1 aromatic heterocycles. The molecule has 4 saturated heterocycles. The molecule has 1 unspecified atom stereocenters. The number of β-lactam (4-membered cyclic amide) rings is 1. The average molecular weight is 602 g/mol. The van der Waals surface area contributed by atoms with E-state index >= 15 is 0 Å². The van der Waals surface area contributed by atoms with Crippen LogP contribution in [0, 0.1) is 11.8 Å². The van der Waals surface area contributed by atoms with Crippen LogP contribution in [0.15, 0.2) is 16.9 Å². The predicted octanol–water partition coefficient (Wildman–Crippen LogP) is -0.451. The molecule has 14 nitrogen and oxygen atoms in total. The molecule has 0 aromatic carbocycles. The van der Waals surface area contributed by atoms with Crippen molar-refractivity contribution in [3.8, 4) is 0 Å². The first-order valence-electron chi connectivity index (χ1n) is 14.9. The summed E-state index contributed by atoms with van der Waals surface area (Å²) in [5.41, 5.74) is 0.218. The fraction of sp³-hybridized carbons (Fsp3) is 0.741. The van der Waals surface area contributed by atoms with Gasteiger partial charge in [0.25, 0.3) is 0 Å². The van der Waals surface area contributed by atoms with Gasteiger partial charge in [-0.05, 0) is 56.0 Å². The van der Waals surface area contributed by atoms with Gasteiger partial charge in [-0.1, -0.05) is 13.3 Å². The minimum Gasteiger partial charge on any atom is -0.477 e. The molecule has 0 saturated carbocycles. The highest BCUT2D eigenvalue weighted by atomic mass is 32.2. The van der Waals surface area contributed by atoms with Crippen LogP contribution in [0.5, 0.6) is 0 Å². The van der Waals surface area contributed by atoms with E-state index in [9.17, 15) is 24.3 Å². The van der Waals surface area contributed by atoms with Crippen molar-refractivity contribution < 1.29 is 24.3 Å². The van der Waals surface area contributed by atoms with Gasteiger partial charge < -0.3 is 30.9 Å². The smallest absolute Gasteiger partial charge is 0.353 e. The third kappa shape index (κ3) is 5.30. The summed E-state index contributed by atoms with van der Waals surface area (Å²) in [7, 11) is 0. The topological polar surface area (TPSA) is 175 Å². The van der Waals surface area contributed by atoms with Gasteiger partial charge in [0.15, 0.2) is 0 Å². The summed E-state index contributed by atoms with van der Waals surface area (Å²) in [6, 6.07) is -1.13. The third-order valence-electron chi connectivity index (χ3n) is 9.71. The molecular formula is C27H39N9O5S. The van der Waals surface area contributed by atoms with Crippen LogP contribution in [0.25, 0.3) is 0 Å². The van der Waals surface area contributed by atoms with Gasteiger partial charge in [-0.3, -0.25) is 14.4 Å². The number of hydrogen-bond donors (Lipinski definition) is 4. The molecule has 1 aromatic rings. The fourth-order valence-corrected chi connectivity index (χ4v) is 8.96. The van der Waals surface area contributed by atoms with Crippen LogP contribution in [-0.2, 0) is 25.7 Å². The van der Waals surface area contributed by atoms with Crippen LogP contribution in [0.4, 0.5) is 0 Å². The van der Waals surface area contributed by atoms with Crippen molar-refractivity contribution >= 4 is 35.5 Å². The van der Waals surface area contributed by atoms with Gasteiger partial charge in [-0.2, -0.15) is 0 Å². The van der Waals surface area contributed by atoms with E-state index in [-0.39, 0.29) is 58.8 Å². The Morgan fingerprint density at radius 3 is 2.69 bits per heavy atom. The summed E-state index contributed by atoms with van der Waals surface area (Å²) >= 11 is 1.47. The highest BCUT2D eigenvalue weighted by molar-refractivity contribution is 8.03. The van der Waals surface area contributed by atoms with Crippen molar-refractivity contribution in [1.29, 1.82) is 0 Å². The average Bonchev–Trinajstić information content (AvgIpc) is 3.70. The number of thioether (sulfide) groups is 1. The molecule has 0 bridgehead atoms. The lowest BCUT2D eigenvalue weighted by Crippen LogP contribution is -2.66. The van der Waals surface area contributed by atoms with Gasteiger partial charge in [0.05, 0.1) is 18.0 Å². The summed E-state index contributed by atoms with van der Waals surface area (Å²) in [5.74, 6) is -2.39. The largest absolute Gasteiger partial charge is 0.477 e. The second kappa shape index (κ2) is 11.6. The van der Waals surface area contributed by atoms with Crippen LogP contribution in [0.1, 0.15) is 52.4 Å². The number of rotatable bonds is 8. The van der Waals surface area contributed by atoms with Crippen molar-refractivity contribution in [1.82, 2.24) is 46.0 Å². The molecule has 1 spiro atoms. The molecule has 5 aliphatic rings. The summed E-state index contributed by atoms with van der Waals surface area (Å²) < 4.78 is 1.29. The van der Waals surface area contributed by atoms with Crippen LogP contribution in [0.2, 0.25) is 0 Å². The normalized spacial score (nSPS) is 31.2. The predicted molar refractivity (Wildman–Crippen MR) is 152 cm³/mol. The fourth-order valence-electron chi connectivity index (χ4n) is 7.48. The van der Waals surface area contributed by atoms with E-state index in [2.05, 4.69) is 31.5 Å². The summed E-state index contributed by atoms with van der Waals surface area (Å²) in [4.78, 5) is 55.5. The number of nitrogens with zero attached hydrogens (tertiary/aromatic N) is 6. The lowest BCUT2D eigenvalue weighted by atomic mass is 9.78. The van der Waals surface area contributed by atoms with Crippen molar-refractivity contribution in [2.75, 3.05) is 26.2 Å². The lowest BCUT2D eigenvalue weighted by Gasteiger charge is -2.47. The second-order valence-electron chi connectivity index (χ2n) is 12.3. The molecule has 3 amide bonds. The Hall–Kier alpha value is -3.04. The SMILES string of the molecule is CC(NC(=O)Cn1cnnn1)[C@H]1C(=O)N2C(C(=O)O)=C(S[C@@H]3CN[C@H](C(=O)N4CCC5(CCCCN5)CC4)C3)[C@H](C)[C@H]12. The molecule has 6 heterocycles. The minimum absolute atomic E-state index is 0.0163. The number of tetrazole rings is 1. The molecule has 15 heteroatoms. The van der Waals surface area contributed by atoms with Crippen molar-refractivity contribution in [3.05, 3.63) is 16.9 Å². The highest BCUT2D eigenvalue weighted by Crippen LogP contribution is 2.52. The summed E-state index contributed by atoms with van der Waals surface area (Å²) in [6.45, 7) is 6.80. The first kappa shape index (κ1) is 29.1. The standard InChI is InChI=1S/C27H39N9O5S/c1-15-21-20(16(2)31-19(37)13-35-14-30-32-33-35)25(39)36(21)22(26(40)41)23(15)42-17-11-18(28-12-17)24(38)34-9-6-27(7-10-34)5-3-4-8-29-27/h14-18,20-21,28-29H,3-13H2,1-2H3,(H,31,37)(H,40,41)/t15-,16?,17+,18+,20-,21-/m1/s1. The number of carboxylic acids is 1. The van der Waals surface area contributed by atoms with E-state index in [1.165, 1.54) is 46.9 Å². The Labute approximate surface area is 248 Å². The number of nitrogens with one attached hydrogen (secondary N) is 3. The maximum Gasteiger partial charge on any atom is 0.353 e. The number of aromatic nitrogens is 4. The Morgan fingerprint density at radius 2 is 2.02 bits per heavy atom. The zero-order valence-corrected chi connectivity index (χ0v) is 24.8. The monoisotopic (exact) mass is 601 g/mol. The van der Waals surface area contributed by atoms with Gasteiger partial charge in [-0.15, -0.1) is 16.9 Å². The highest BCUT2D eigenvalue weighted by Gasteiger charge is 2.60. The number of piperidine rings is 2. The van der Waals surface area contributed by atoms with Crippen LogP contribution in [-0.4, -0.2) is 114 Å². The molecule has 6 rings (SSSR count). The van der Waals surface area contributed by atoms with E-state index in [4.69, 9.17) is 0 Å².